The number of aliphatic hydroxyl groups is 1. The molecule has 0 aliphatic heterocycles. The zero-order chi connectivity index (χ0) is 10.8. The van der Waals surface area contributed by atoms with Crippen molar-refractivity contribution in [1.82, 2.24) is 0 Å². The molecule has 0 fully saturated rings. The Bertz CT molecular complexity index is 310. The maximum absolute atomic E-state index is 9.33. The van der Waals surface area contributed by atoms with Crippen LogP contribution in [0.15, 0.2) is 28.7 Å². The maximum Gasteiger partial charge on any atom is 0.0532 e. The fourth-order valence-corrected chi connectivity index (χ4v) is 1.97. The molecule has 0 aromatic heterocycles. The summed E-state index contributed by atoms with van der Waals surface area (Å²) in [6.07, 6.45) is 0.174. The first-order valence-electron chi connectivity index (χ1n) is 4.65. The number of benzene rings is 1. The van der Waals surface area contributed by atoms with Gasteiger partial charge in [0.05, 0.1) is 6.10 Å². The van der Waals surface area contributed by atoms with Crippen LogP contribution in [-0.2, 0) is 5.54 Å². The van der Waals surface area contributed by atoms with E-state index in [0.29, 0.717) is 6.42 Å². The molecule has 2 atom stereocenters. The molecule has 0 aliphatic carbocycles. The molecule has 0 heterocycles. The molecule has 1 unspecified atom stereocenters. The summed E-state index contributed by atoms with van der Waals surface area (Å²) in [6.45, 7) is 3.69. The van der Waals surface area contributed by atoms with Gasteiger partial charge in [0.1, 0.15) is 0 Å². The Morgan fingerprint density at radius 1 is 1.57 bits per heavy atom. The molecule has 3 N–H and O–H groups in total. The highest BCUT2D eigenvalue weighted by Gasteiger charge is 2.23. The zero-order valence-electron chi connectivity index (χ0n) is 8.50. The van der Waals surface area contributed by atoms with Gasteiger partial charge in [-0.3, -0.25) is 0 Å². The van der Waals surface area contributed by atoms with Crippen LogP contribution in [0.25, 0.3) is 0 Å². The van der Waals surface area contributed by atoms with Gasteiger partial charge in [0.25, 0.3) is 0 Å². The normalized spacial score (nSPS) is 17.5. The summed E-state index contributed by atoms with van der Waals surface area (Å²) >= 11 is 3.40. The molecule has 1 rings (SSSR count). The van der Waals surface area contributed by atoms with Crippen molar-refractivity contribution in [2.24, 2.45) is 5.73 Å². The van der Waals surface area contributed by atoms with Gasteiger partial charge in [-0.2, -0.15) is 0 Å². The monoisotopic (exact) mass is 257 g/mol. The third-order valence-corrected chi connectivity index (χ3v) is 2.70. The first-order chi connectivity index (χ1) is 6.42. The Balaban J connectivity index is 2.91. The largest absolute Gasteiger partial charge is 0.393 e. The van der Waals surface area contributed by atoms with Gasteiger partial charge in [-0.15, -0.1) is 0 Å². The zero-order valence-corrected chi connectivity index (χ0v) is 10.1. The number of aliphatic hydroxyl groups excluding tert-OH is 1. The van der Waals surface area contributed by atoms with E-state index in [1.165, 1.54) is 0 Å². The second kappa shape index (κ2) is 4.43. The Kier molecular flexibility index (Phi) is 3.70. The first-order valence-corrected chi connectivity index (χ1v) is 5.44. The molecule has 78 valence electrons. The van der Waals surface area contributed by atoms with Crippen LogP contribution in [0.1, 0.15) is 25.8 Å². The summed E-state index contributed by atoms with van der Waals surface area (Å²) in [4.78, 5) is 0. The van der Waals surface area contributed by atoms with Crippen LogP contribution in [0.2, 0.25) is 0 Å². The summed E-state index contributed by atoms with van der Waals surface area (Å²) in [7, 11) is 0. The molecule has 2 nitrogen and oxygen atoms in total. The molecule has 3 heteroatoms. The molecule has 0 bridgehead atoms. The second-order valence-corrected chi connectivity index (χ2v) is 4.90. The summed E-state index contributed by atoms with van der Waals surface area (Å²) in [5, 5.41) is 9.33. The van der Waals surface area contributed by atoms with Crippen LogP contribution in [0, 0.1) is 0 Å². The van der Waals surface area contributed by atoms with E-state index in [-0.39, 0.29) is 6.10 Å². The van der Waals surface area contributed by atoms with E-state index in [1.54, 1.807) is 6.92 Å². The summed E-state index contributed by atoms with van der Waals surface area (Å²) in [6, 6.07) is 7.88. The Hall–Kier alpha value is -0.380. The number of hydrogen-bond donors (Lipinski definition) is 2. The highest BCUT2D eigenvalue weighted by Crippen LogP contribution is 2.25. The number of nitrogens with two attached hydrogens (primary N) is 1. The number of hydrogen-bond acceptors (Lipinski definition) is 2. The van der Waals surface area contributed by atoms with E-state index in [4.69, 9.17) is 5.73 Å². The Morgan fingerprint density at radius 2 is 2.21 bits per heavy atom. The fraction of sp³-hybridized carbons (Fsp3) is 0.455. The minimum absolute atomic E-state index is 0.385. The van der Waals surface area contributed by atoms with Gasteiger partial charge in [-0.05, 0) is 38.0 Å². The highest BCUT2D eigenvalue weighted by atomic mass is 79.9. The first kappa shape index (κ1) is 11.7. The van der Waals surface area contributed by atoms with Crippen LogP contribution in [-0.4, -0.2) is 11.2 Å². The Labute approximate surface area is 93.3 Å². The smallest absolute Gasteiger partial charge is 0.0532 e. The van der Waals surface area contributed by atoms with Crippen molar-refractivity contribution >= 4 is 15.9 Å². The SMILES string of the molecule is CC(O)C[C@](C)(N)c1cccc(Br)c1. The van der Waals surface area contributed by atoms with Gasteiger partial charge in [0.15, 0.2) is 0 Å². The lowest BCUT2D eigenvalue weighted by molar-refractivity contribution is 0.153. The minimum atomic E-state index is -0.474. The molecule has 0 aliphatic rings. The van der Waals surface area contributed by atoms with Crippen LogP contribution < -0.4 is 5.73 Å². The molecule has 14 heavy (non-hydrogen) atoms. The highest BCUT2D eigenvalue weighted by molar-refractivity contribution is 9.10. The topological polar surface area (TPSA) is 46.2 Å². The average molecular weight is 258 g/mol. The average Bonchev–Trinajstić information content (AvgIpc) is 2.01. The van der Waals surface area contributed by atoms with Crippen LogP contribution in [0.5, 0.6) is 0 Å². The van der Waals surface area contributed by atoms with Crippen molar-refractivity contribution in [3.05, 3.63) is 34.3 Å². The molecule has 1 aromatic rings. The van der Waals surface area contributed by atoms with E-state index < -0.39 is 5.54 Å². The van der Waals surface area contributed by atoms with Gasteiger partial charge >= 0.3 is 0 Å². The van der Waals surface area contributed by atoms with Gasteiger partial charge in [-0.25, -0.2) is 0 Å². The van der Waals surface area contributed by atoms with Gasteiger partial charge in [0, 0.05) is 10.0 Å². The van der Waals surface area contributed by atoms with Crippen molar-refractivity contribution in [3.8, 4) is 0 Å². The molecule has 0 saturated heterocycles. The fourth-order valence-electron chi connectivity index (χ4n) is 1.58. The molecule has 0 spiro atoms. The van der Waals surface area contributed by atoms with Crippen LogP contribution in [0.4, 0.5) is 0 Å². The summed E-state index contributed by atoms with van der Waals surface area (Å²) in [5.74, 6) is 0. The van der Waals surface area contributed by atoms with Crippen LogP contribution in [0.3, 0.4) is 0 Å². The maximum atomic E-state index is 9.33. The molecular formula is C11H16BrNO. The lowest BCUT2D eigenvalue weighted by Gasteiger charge is -2.26. The van der Waals surface area contributed by atoms with E-state index >= 15 is 0 Å². The third-order valence-electron chi connectivity index (χ3n) is 2.20. The second-order valence-electron chi connectivity index (χ2n) is 3.98. The predicted octanol–water partition coefficient (Wildman–Crippen LogP) is 2.39. The lowest BCUT2D eigenvalue weighted by Crippen LogP contribution is -2.36. The molecule has 0 saturated carbocycles. The van der Waals surface area contributed by atoms with E-state index in [0.717, 1.165) is 10.0 Å². The van der Waals surface area contributed by atoms with Crippen molar-refractivity contribution in [1.29, 1.82) is 0 Å². The van der Waals surface area contributed by atoms with Crippen LogP contribution >= 0.6 is 15.9 Å². The standard InChI is InChI=1S/C11H16BrNO/c1-8(14)7-11(2,13)9-4-3-5-10(12)6-9/h3-6,8,14H,7,13H2,1-2H3/t8?,11-/m0/s1. The predicted molar refractivity (Wildman–Crippen MR) is 62.0 cm³/mol. The summed E-state index contributed by atoms with van der Waals surface area (Å²) in [5.41, 5.74) is 6.69. The van der Waals surface area contributed by atoms with E-state index in [1.807, 2.05) is 31.2 Å². The number of halogens is 1. The van der Waals surface area contributed by atoms with Crippen molar-refractivity contribution < 1.29 is 5.11 Å². The molecule has 0 amide bonds. The lowest BCUT2D eigenvalue weighted by atomic mass is 9.88. The molecular weight excluding hydrogens is 242 g/mol. The third kappa shape index (κ3) is 3.08. The van der Waals surface area contributed by atoms with Gasteiger partial charge < -0.3 is 10.8 Å². The van der Waals surface area contributed by atoms with E-state index in [2.05, 4.69) is 15.9 Å². The molecule has 1 aromatic carbocycles. The molecule has 0 radical (unpaired) electrons. The van der Waals surface area contributed by atoms with Crippen molar-refractivity contribution in [2.45, 2.75) is 31.9 Å². The minimum Gasteiger partial charge on any atom is -0.393 e. The van der Waals surface area contributed by atoms with Gasteiger partial charge in [-0.1, -0.05) is 28.1 Å². The summed E-state index contributed by atoms with van der Waals surface area (Å²) < 4.78 is 1.01. The Morgan fingerprint density at radius 3 is 2.71 bits per heavy atom. The van der Waals surface area contributed by atoms with Gasteiger partial charge in [0.2, 0.25) is 0 Å². The number of rotatable bonds is 3. The van der Waals surface area contributed by atoms with Crippen molar-refractivity contribution in [3.63, 3.8) is 0 Å². The van der Waals surface area contributed by atoms with E-state index in [9.17, 15) is 5.11 Å². The quantitative estimate of drug-likeness (QED) is 0.874. The van der Waals surface area contributed by atoms with Crippen molar-refractivity contribution in [2.75, 3.05) is 0 Å².